The van der Waals surface area contributed by atoms with Gasteiger partial charge in [-0.15, -0.1) is 11.3 Å². The Kier molecular flexibility index (Phi) is 3.57. The number of nitrogens with two attached hydrogens (primary N) is 1. The van der Waals surface area contributed by atoms with Gasteiger partial charge in [-0.3, -0.25) is 0 Å². The number of rotatable bonds is 2. The van der Waals surface area contributed by atoms with Crippen molar-refractivity contribution in [3.8, 4) is 0 Å². The molecule has 0 bridgehead atoms. The summed E-state index contributed by atoms with van der Waals surface area (Å²) in [6, 6.07) is 2.04. The van der Waals surface area contributed by atoms with Crippen LogP contribution in [0.5, 0.6) is 0 Å². The summed E-state index contributed by atoms with van der Waals surface area (Å²) >= 11 is 8.64. The quantitative estimate of drug-likeness (QED) is 0.875. The van der Waals surface area contributed by atoms with Crippen LogP contribution in [-0.4, -0.2) is 12.2 Å². The summed E-state index contributed by atoms with van der Waals surface area (Å²) in [5, 5.41) is 0. The van der Waals surface area contributed by atoms with Crippen LogP contribution in [0.3, 0.4) is 0 Å². The molecule has 15 heavy (non-hydrogen) atoms. The van der Waals surface area contributed by atoms with Gasteiger partial charge >= 0.3 is 0 Å². The van der Waals surface area contributed by atoms with Crippen LogP contribution in [0.2, 0.25) is 0 Å². The second-order valence-corrected chi connectivity index (χ2v) is 7.27. The van der Waals surface area contributed by atoms with Crippen molar-refractivity contribution < 1.29 is 4.74 Å². The van der Waals surface area contributed by atoms with Gasteiger partial charge in [0.1, 0.15) is 0 Å². The first-order chi connectivity index (χ1) is 7.03. The van der Waals surface area contributed by atoms with Crippen LogP contribution in [0, 0.1) is 0 Å². The molecule has 2 heterocycles. The Morgan fingerprint density at radius 1 is 1.60 bits per heavy atom. The molecule has 0 saturated carbocycles. The van der Waals surface area contributed by atoms with Gasteiger partial charge in [0.05, 0.1) is 15.4 Å². The molecule has 1 saturated heterocycles. The molecule has 2 nitrogen and oxygen atoms in total. The third kappa shape index (κ3) is 2.31. The van der Waals surface area contributed by atoms with Crippen molar-refractivity contribution in [1.29, 1.82) is 0 Å². The molecule has 2 rings (SSSR count). The highest BCUT2D eigenvalue weighted by atomic mass is 79.9. The third-order valence-electron chi connectivity index (χ3n) is 2.88. The highest BCUT2D eigenvalue weighted by Crippen LogP contribution is 2.42. The summed E-state index contributed by atoms with van der Waals surface area (Å²) in [6.07, 6.45) is 2.15. The summed E-state index contributed by atoms with van der Waals surface area (Å²) in [5.41, 5.74) is 6.07. The maximum absolute atomic E-state index is 6.26. The van der Waals surface area contributed by atoms with Gasteiger partial charge in [-0.1, -0.05) is 0 Å². The van der Waals surface area contributed by atoms with Crippen molar-refractivity contribution in [2.75, 3.05) is 6.61 Å². The maximum Gasteiger partial charge on any atom is 0.0855 e. The zero-order valence-electron chi connectivity index (χ0n) is 8.43. The van der Waals surface area contributed by atoms with E-state index >= 15 is 0 Å². The summed E-state index contributed by atoms with van der Waals surface area (Å²) in [7, 11) is 0. The van der Waals surface area contributed by atoms with Crippen LogP contribution in [0.4, 0.5) is 0 Å². The number of ether oxygens (including phenoxy) is 1. The Labute approximate surface area is 110 Å². The van der Waals surface area contributed by atoms with Gasteiger partial charge in [-0.25, -0.2) is 0 Å². The van der Waals surface area contributed by atoms with E-state index in [1.165, 1.54) is 0 Å². The second-order valence-electron chi connectivity index (χ2n) is 4.01. The monoisotopic (exact) mass is 353 g/mol. The van der Waals surface area contributed by atoms with E-state index in [1.54, 1.807) is 11.3 Å². The van der Waals surface area contributed by atoms with Gasteiger partial charge < -0.3 is 10.5 Å². The summed E-state index contributed by atoms with van der Waals surface area (Å²) in [5.74, 6) is 0. The normalized spacial score (nSPS) is 28.3. The van der Waals surface area contributed by atoms with Crippen LogP contribution in [-0.2, 0) is 4.74 Å². The van der Waals surface area contributed by atoms with Crippen LogP contribution in [0.25, 0.3) is 0 Å². The molecule has 0 radical (unpaired) electrons. The number of hydrogen-bond donors (Lipinski definition) is 1. The first-order valence-electron chi connectivity index (χ1n) is 4.87. The molecule has 0 aromatic carbocycles. The molecule has 1 aromatic heterocycles. The lowest BCUT2D eigenvalue weighted by atomic mass is 9.93. The van der Waals surface area contributed by atoms with Crippen molar-refractivity contribution >= 4 is 43.2 Å². The minimum absolute atomic E-state index is 0.0346. The lowest BCUT2D eigenvalue weighted by molar-refractivity contribution is -0.000871. The van der Waals surface area contributed by atoms with E-state index in [4.69, 9.17) is 10.5 Å². The van der Waals surface area contributed by atoms with Gasteiger partial charge in [0.25, 0.3) is 0 Å². The summed E-state index contributed by atoms with van der Waals surface area (Å²) in [6.45, 7) is 2.93. The minimum atomic E-state index is -0.191. The van der Waals surface area contributed by atoms with Crippen LogP contribution >= 0.6 is 43.2 Å². The number of hydrogen-bond acceptors (Lipinski definition) is 3. The SMILES string of the molecule is CC1(C(N)c2cc(Br)c(Br)s2)CCCO1. The van der Waals surface area contributed by atoms with E-state index < -0.39 is 0 Å². The van der Waals surface area contributed by atoms with Crippen molar-refractivity contribution in [3.63, 3.8) is 0 Å². The lowest BCUT2D eigenvalue weighted by Gasteiger charge is -2.29. The molecule has 1 fully saturated rings. The van der Waals surface area contributed by atoms with Crippen LogP contribution < -0.4 is 5.73 Å². The standard InChI is InChI=1S/C10H13Br2NOS/c1-10(3-2-4-14-10)8(13)7-5-6(11)9(12)15-7/h5,8H,2-4,13H2,1H3. The van der Waals surface area contributed by atoms with Crippen molar-refractivity contribution in [1.82, 2.24) is 0 Å². The van der Waals surface area contributed by atoms with Crippen LogP contribution in [0.1, 0.15) is 30.7 Å². The molecule has 1 aromatic rings. The summed E-state index contributed by atoms with van der Waals surface area (Å²) < 4.78 is 7.92. The minimum Gasteiger partial charge on any atom is -0.373 e. The lowest BCUT2D eigenvalue weighted by Crippen LogP contribution is -2.37. The second kappa shape index (κ2) is 4.45. The van der Waals surface area contributed by atoms with Crippen molar-refractivity contribution in [2.24, 2.45) is 5.73 Å². The molecule has 2 unspecified atom stereocenters. The Balaban J connectivity index is 2.23. The van der Waals surface area contributed by atoms with Gasteiger partial charge in [0, 0.05) is 16.0 Å². The number of thiophene rings is 1. The molecule has 0 spiro atoms. The predicted octanol–water partition coefficient (Wildman–Crippen LogP) is 3.84. The van der Waals surface area contributed by atoms with E-state index in [0.717, 1.165) is 32.6 Å². The molecular weight excluding hydrogens is 342 g/mol. The largest absolute Gasteiger partial charge is 0.373 e. The van der Waals surface area contributed by atoms with E-state index in [1.807, 2.05) is 0 Å². The Morgan fingerprint density at radius 3 is 2.80 bits per heavy atom. The third-order valence-corrected chi connectivity index (χ3v) is 6.22. The molecule has 84 valence electrons. The zero-order chi connectivity index (χ0) is 11.1. The molecule has 5 heteroatoms. The molecule has 2 N–H and O–H groups in total. The zero-order valence-corrected chi connectivity index (χ0v) is 12.4. The van der Waals surface area contributed by atoms with Crippen molar-refractivity contribution in [2.45, 2.75) is 31.4 Å². The van der Waals surface area contributed by atoms with Crippen molar-refractivity contribution in [3.05, 3.63) is 19.2 Å². The smallest absolute Gasteiger partial charge is 0.0855 e. The Bertz CT molecular complexity index is 341. The highest BCUT2D eigenvalue weighted by Gasteiger charge is 2.38. The molecule has 1 aliphatic rings. The predicted molar refractivity (Wildman–Crippen MR) is 70.2 cm³/mol. The van der Waals surface area contributed by atoms with E-state index in [-0.39, 0.29) is 11.6 Å². The molecular formula is C10H13Br2NOS. The Morgan fingerprint density at radius 2 is 2.33 bits per heavy atom. The van der Waals surface area contributed by atoms with Gasteiger partial charge in [0.2, 0.25) is 0 Å². The van der Waals surface area contributed by atoms with E-state index in [0.29, 0.717) is 0 Å². The first-order valence-corrected chi connectivity index (χ1v) is 7.27. The fourth-order valence-electron chi connectivity index (χ4n) is 1.86. The average Bonchev–Trinajstić information content (AvgIpc) is 2.75. The first kappa shape index (κ1) is 12.0. The topological polar surface area (TPSA) is 35.2 Å². The fourth-order valence-corrected chi connectivity index (χ4v) is 4.10. The highest BCUT2D eigenvalue weighted by molar-refractivity contribution is 9.13. The molecule has 2 atom stereocenters. The van der Waals surface area contributed by atoms with E-state index in [9.17, 15) is 0 Å². The summed E-state index contributed by atoms with van der Waals surface area (Å²) in [4.78, 5) is 1.16. The van der Waals surface area contributed by atoms with Gasteiger partial charge in [-0.05, 0) is 57.7 Å². The fraction of sp³-hybridized carbons (Fsp3) is 0.600. The average molecular weight is 355 g/mol. The maximum atomic E-state index is 6.26. The molecule has 1 aliphatic heterocycles. The van der Waals surface area contributed by atoms with Gasteiger partial charge in [-0.2, -0.15) is 0 Å². The Hall–Kier alpha value is 0.580. The number of halogens is 2. The van der Waals surface area contributed by atoms with Gasteiger partial charge in [0.15, 0.2) is 0 Å². The molecule has 0 amide bonds. The molecule has 0 aliphatic carbocycles. The van der Waals surface area contributed by atoms with E-state index in [2.05, 4.69) is 44.8 Å². The van der Waals surface area contributed by atoms with Crippen LogP contribution in [0.15, 0.2) is 14.3 Å².